The van der Waals surface area contributed by atoms with Gasteiger partial charge in [-0.2, -0.15) is 0 Å². The normalized spacial score (nSPS) is 11.3. The maximum absolute atomic E-state index is 2.37. The maximum atomic E-state index is 2.37. The van der Waals surface area contributed by atoms with Crippen molar-refractivity contribution >= 4 is 11.8 Å². The third kappa shape index (κ3) is 5.54. The molecule has 0 spiro atoms. The minimum atomic E-state index is 1.04. The highest BCUT2D eigenvalue weighted by Crippen LogP contribution is 2.02. The lowest BCUT2D eigenvalue weighted by molar-refractivity contribution is 0.272. The molecule has 0 bridgehead atoms. The van der Waals surface area contributed by atoms with Gasteiger partial charge in [-0.25, -0.2) is 0 Å². The molecule has 0 N–H and O–H groups in total. The van der Waals surface area contributed by atoms with Crippen LogP contribution in [-0.4, -0.2) is 49.1 Å². The van der Waals surface area contributed by atoms with Gasteiger partial charge in [-0.3, -0.25) is 4.90 Å². The second-order valence-corrected chi connectivity index (χ2v) is 5.06. The van der Waals surface area contributed by atoms with Crippen LogP contribution in [0.25, 0.3) is 0 Å². The minimum absolute atomic E-state index is 1.04. The molecule has 0 heterocycles. The van der Waals surface area contributed by atoms with Crippen LogP contribution in [-0.2, 0) is 6.54 Å². The highest BCUT2D eigenvalue weighted by Gasteiger charge is 2.02. The average Bonchev–Trinajstić information content (AvgIpc) is 2.28. The number of rotatable bonds is 7. The number of nitrogens with zero attached hydrogens (tertiary/aromatic N) is 2. The van der Waals surface area contributed by atoms with E-state index in [-0.39, 0.29) is 0 Å². The topological polar surface area (TPSA) is 6.48 Å². The highest BCUT2D eigenvalue weighted by atomic mass is 32.2. The molecule has 0 radical (unpaired) electrons. The molecule has 3 heteroatoms. The summed E-state index contributed by atoms with van der Waals surface area (Å²) in [4.78, 5) is 4.72. The first-order valence-corrected chi connectivity index (χ1v) is 7.01. The fraction of sp³-hybridized carbons (Fsp3) is 0.538. The molecule has 0 amide bonds. The zero-order chi connectivity index (χ0) is 11.8. The van der Waals surface area contributed by atoms with Gasteiger partial charge in [0.1, 0.15) is 0 Å². The fourth-order valence-corrected chi connectivity index (χ4v) is 2.17. The summed E-state index contributed by atoms with van der Waals surface area (Å²) in [5.74, 6) is 1.11. The van der Waals surface area contributed by atoms with Gasteiger partial charge in [0.2, 0.25) is 0 Å². The van der Waals surface area contributed by atoms with Crippen LogP contribution in [0, 0.1) is 0 Å². The molecule has 0 unspecified atom stereocenters. The number of thioether (sulfide) groups is 1. The minimum Gasteiger partial charge on any atom is -0.301 e. The molecule has 0 atom stereocenters. The largest absolute Gasteiger partial charge is 0.301 e. The van der Waals surface area contributed by atoms with Gasteiger partial charge in [0.05, 0.1) is 0 Å². The van der Waals surface area contributed by atoms with E-state index in [9.17, 15) is 0 Å². The number of hydrogen-bond acceptors (Lipinski definition) is 3. The standard InChI is InChI=1S/C13H22N2S/c1-14(9-10-15(2)12-16-3)11-13-7-5-4-6-8-13/h4-8H,9-12H2,1-3H3. The van der Waals surface area contributed by atoms with Crippen molar-refractivity contribution in [2.24, 2.45) is 0 Å². The molecule has 1 aromatic rings. The van der Waals surface area contributed by atoms with Crippen molar-refractivity contribution < 1.29 is 0 Å². The van der Waals surface area contributed by atoms with Crippen molar-refractivity contribution in [3.63, 3.8) is 0 Å². The van der Waals surface area contributed by atoms with E-state index in [1.165, 1.54) is 5.56 Å². The molecule has 16 heavy (non-hydrogen) atoms. The van der Waals surface area contributed by atoms with E-state index in [1.54, 1.807) is 0 Å². The molecule has 0 saturated carbocycles. The van der Waals surface area contributed by atoms with E-state index >= 15 is 0 Å². The first-order valence-electron chi connectivity index (χ1n) is 5.62. The molecule has 0 saturated heterocycles. The van der Waals surface area contributed by atoms with E-state index in [0.29, 0.717) is 0 Å². The van der Waals surface area contributed by atoms with E-state index < -0.39 is 0 Å². The number of hydrogen-bond donors (Lipinski definition) is 0. The average molecular weight is 238 g/mol. The first kappa shape index (κ1) is 13.6. The predicted octanol–water partition coefficient (Wildman–Crippen LogP) is 2.37. The lowest BCUT2D eigenvalue weighted by atomic mass is 10.2. The Morgan fingerprint density at radius 1 is 1.00 bits per heavy atom. The second-order valence-electron chi connectivity index (χ2n) is 4.22. The Labute approximate surface area is 104 Å². The van der Waals surface area contributed by atoms with Gasteiger partial charge in [-0.1, -0.05) is 30.3 Å². The Morgan fingerprint density at radius 2 is 1.62 bits per heavy atom. The molecule has 0 aromatic heterocycles. The van der Waals surface area contributed by atoms with Gasteiger partial charge < -0.3 is 4.90 Å². The summed E-state index contributed by atoms with van der Waals surface area (Å²) >= 11 is 1.87. The first-order chi connectivity index (χ1) is 7.72. The van der Waals surface area contributed by atoms with E-state index in [0.717, 1.165) is 25.5 Å². The van der Waals surface area contributed by atoms with Crippen LogP contribution < -0.4 is 0 Å². The summed E-state index contributed by atoms with van der Waals surface area (Å²) in [5, 5.41) is 0. The van der Waals surface area contributed by atoms with Gasteiger partial charge in [-0.15, -0.1) is 11.8 Å². The van der Waals surface area contributed by atoms with Crippen LogP contribution >= 0.6 is 11.8 Å². The molecule has 1 aromatic carbocycles. The molecular formula is C13H22N2S. The van der Waals surface area contributed by atoms with Crippen LogP contribution in [0.5, 0.6) is 0 Å². The SMILES string of the molecule is CSCN(C)CCN(C)Cc1ccccc1. The summed E-state index contributed by atoms with van der Waals surface area (Å²) < 4.78 is 0. The van der Waals surface area contributed by atoms with Crippen LogP contribution in [0.2, 0.25) is 0 Å². The monoisotopic (exact) mass is 238 g/mol. The molecule has 0 aliphatic carbocycles. The van der Waals surface area contributed by atoms with Crippen LogP contribution in [0.3, 0.4) is 0 Å². The Bertz CT molecular complexity index is 277. The zero-order valence-electron chi connectivity index (χ0n) is 10.5. The van der Waals surface area contributed by atoms with Gasteiger partial charge in [0.15, 0.2) is 0 Å². The zero-order valence-corrected chi connectivity index (χ0v) is 11.3. The fourth-order valence-electron chi connectivity index (χ4n) is 1.60. The molecule has 0 aliphatic heterocycles. The number of likely N-dealkylation sites (N-methyl/N-ethyl adjacent to an activating group) is 2. The number of benzene rings is 1. The summed E-state index contributed by atoms with van der Waals surface area (Å²) in [7, 11) is 4.35. The Kier molecular flexibility index (Phi) is 6.53. The third-order valence-corrected chi connectivity index (χ3v) is 3.21. The van der Waals surface area contributed by atoms with E-state index in [2.05, 4.69) is 60.5 Å². The quantitative estimate of drug-likeness (QED) is 0.673. The van der Waals surface area contributed by atoms with Crippen molar-refractivity contribution in [3.8, 4) is 0 Å². The summed E-state index contributed by atoms with van der Waals surface area (Å²) in [6.45, 7) is 3.28. The Morgan fingerprint density at radius 3 is 2.25 bits per heavy atom. The highest BCUT2D eigenvalue weighted by molar-refractivity contribution is 7.98. The van der Waals surface area contributed by atoms with E-state index in [4.69, 9.17) is 0 Å². The van der Waals surface area contributed by atoms with Crippen LogP contribution in [0.15, 0.2) is 30.3 Å². The van der Waals surface area contributed by atoms with Crippen molar-refractivity contribution in [1.82, 2.24) is 9.80 Å². The van der Waals surface area contributed by atoms with Crippen molar-refractivity contribution in [3.05, 3.63) is 35.9 Å². The molecule has 1 rings (SSSR count). The Balaban J connectivity index is 2.23. The summed E-state index contributed by atoms with van der Waals surface area (Å²) in [6, 6.07) is 10.6. The van der Waals surface area contributed by atoms with Gasteiger partial charge in [-0.05, 0) is 25.9 Å². The van der Waals surface area contributed by atoms with Crippen molar-refractivity contribution in [1.29, 1.82) is 0 Å². The van der Waals surface area contributed by atoms with E-state index in [1.807, 2.05) is 11.8 Å². The molecular weight excluding hydrogens is 216 g/mol. The van der Waals surface area contributed by atoms with Crippen molar-refractivity contribution in [2.75, 3.05) is 39.3 Å². The van der Waals surface area contributed by atoms with Gasteiger partial charge in [0, 0.05) is 25.5 Å². The maximum Gasteiger partial charge on any atom is 0.0438 e. The smallest absolute Gasteiger partial charge is 0.0438 e. The summed E-state index contributed by atoms with van der Waals surface area (Å²) in [5.41, 5.74) is 1.39. The molecule has 2 nitrogen and oxygen atoms in total. The third-order valence-electron chi connectivity index (χ3n) is 2.51. The molecule has 0 aliphatic rings. The van der Waals surface area contributed by atoms with Gasteiger partial charge >= 0.3 is 0 Å². The lowest BCUT2D eigenvalue weighted by Crippen LogP contribution is -2.30. The van der Waals surface area contributed by atoms with Crippen LogP contribution in [0.1, 0.15) is 5.56 Å². The second kappa shape index (κ2) is 7.71. The Hall–Kier alpha value is -0.510. The summed E-state index contributed by atoms with van der Waals surface area (Å²) in [6.07, 6.45) is 2.14. The molecule has 0 fully saturated rings. The lowest BCUT2D eigenvalue weighted by Gasteiger charge is -2.21. The van der Waals surface area contributed by atoms with Gasteiger partial charge in [0.25, 0.3) is 0 Å². The predicted molar refractivity (Wildman–Crippen MR) is 73.8 cm³/mol. The van der Waals surface area contributed by atoms with Crippen molar-refractivity contribution in [2.45, 2.75) is 6.54 Å². The van der Waals surface area contributed by atoms with Crippen LogP contribution in [0.4, 0.5) is 0 Å². The molecule has 90 valence electrons.